The number of nitrogens with zero attached hydrogens (tertiary/aromatic N) is 1. The molecule has 0 aliphatic carbocycles. The third-order valence-corrected chi connectivity index (χ3v) is 6.12. The highest BCUT2D eigenvalue weighted by Crippen LogP contribution is 2.37. The Balaban J connectivity index is 1.66. The Hall–Kier alpha value is -3.38. The van der Waals surface area contributed by atoms with Gasteiger partial charge in [-0.3, -0.25) is 4.39 Å². The zero-order chi connectivity index (χ0) is 24.1. The van der Waals surface area contributed by atoms with Crippen molar-refractivity contribution in [2.24, 2.45) is 0 Å². The number of aromatic nitrogens is 1. The molecule has 0 amide bonds. The van der Waals surface area contributed by atoms with E-state index in [1.807, 2.05) is 29.7 Å². The van der Waals surface area contributed by atoms with Crippen LogP contribution in [0.5, 0.6) is 11.5 Å². The third kappa shape index (κ3) is 5.07. The first kappa shape index (κ1) is 23.8. The van der Waals surface area contributed by atoms with E-state index in [0.29, 0.717) is 30.6 Å². The smallest absolute Gasteiger partial charge is 0.156 e. The van der Waals surface area contributed by atoms with Crippen LogP contribution in [0, 0.1) is 12.7 Å². The van der Waals surface area contributed by atoms with Crippen molar-refractivity contribution >= 4 is 10.9 Å². The first-order chi connectivity index (χ1) is 16.5. The molecule has 4 rings (SSSR count). The maximum absolute atomic E-state index is 15.7. The summed E-state index contributed by atoms with van der Waals surface area (Å²) in [6.07, 6.45) is 1.40. The van der Waals surface area contributed by atoms with E-state index in [0.717, 1.165) is 40.9 Å². The van der Waals surface area contributed by atoms with Gasteiger partial charge < -0.3 is 19.7 Å². The van der Waals surface area contributed by atoms with Gasteiger partial charge in [0.2, 0.25) is 0 Å². The fraction of sp³-hybridized carbons (Fsp3) is 0.286. The summed E-state index contributed by atoms with van der Waals surface area (Å²) < 4.78 is 35.2. The van der Waals surface area contributed by atoms with Gasteiger partial charge in [0.15, 0.2) is 5.82 Å². The number of alkyl halides is 1. The molecule has 0 fully saturated rings. The molecule has 0 spiro atoms. The molecule has 0 radical (unpaired) electrons. The number of fused-ring (bicyclic) bond motifs is 1. The molecule has 1 aromatic heterocycles. The number of methoxy groups -OCH3 is 1. The minimum Gasteiger partial charge on any atom is -0.508 e. The maximum Gasteiger partial charge on any atom is 0.156 e. The van der Waals surface area contributed by atoms with Crippen molar-refractivity contribution in [1.29, 1.82) is 0 Å². The van der Waals surface area contributed by atoms with Gasteiger partial charge in [0.05, 0.1) is 25.0 Å². The molecule has 1 heterocycles. The van der Waals surface area contributed by atoms with Crippen LogP contribution in [0.3, 0.4) is 0 Å². The molecule has 0 bridgehead atoms. The molecule has 4 nitrogen and oxygen atoms in total. The molecule has 34 heavy (non-hydrogen) atoms. The number of nitrogens with one attached hydrogen (secondary N) is 1. The second kappa shape index (κ2) is 10.7. The van der Waals surface area contributed by atoms with Crippen molar-refractivity contribution in [2.75, 3.05) is 26.9 Å². The number of benzene rings is 3. The molecule has 0 aliphatic heterocycles. The zero-order valence-electron chi connectivity index (χ0n) is 19.6. The van der Waals surface area contributed by atoms with E-state index in [1.54, 1.807) is 19.2 Å². The largest absolute Gasteiger partial charge is 0.508 e. The highest BCUT2D eigenvalue weighted by molar-refractivity contribution is 5.90. The normalized spacial score (nSPS) is 11.3. The minimum absolute atomic E-state index is 0.0334. The lowest BCUT2D eigenvalue weighted by atomic mass is 10.0. The molecule has 0 atom stereocenters. The Bertz CT molecular complexity index is 1270. The van der Waals surface area contributed by atoms with Crippen LogP contribution in [0.15, 0.2) is 60.7 Å². The van der Waals surface area contributed by atoms with Crippen LogP contribution in [-0.4, -0.2) is 36.5 Å². The number of aromatic hydroxyl groups is 1. The number of ether oxygens (including phenoxy) is 1. The van der Waals surface area contributed by atoms with Gasteiger partial charge in [0.25, 0.3) is 0 Å². The van der Waals surface area contributed by atoms with Gasteiger partial charge in [-0.2, -0.15) is 0 Å². The van der Waals surface area contributed by atoms with Gasteiger partial charge in [0.1, 0.15) is 11.5 Å². The summed E-state index contributed by atoms with van der Waals surface area (Å²) in [6.45, 7) is 3.61. The van der Waals surface area contributed by atoms with Crippen molar-refractivity contribution in [3.8, 4) is 22.8 Å². The summed E-state index contributed by atoms with van der Waals surface area (Å²) in [5.74, 6) is 0.401. The van der Waals surface area contributed by atoms with E-state index in [-0.39, 0.29) is 18.2 Å². The van der Waals surface area contributed by atoms with E-state index in [4.69, 9.17) is 4.74 Å². The topological polar surface area (TPSA) is 46.4 Å². The summed E-state index contributed by atoms with van der Waals surface area (Å²) in [5, 5.41) is 13.6. The van der Waals surface area contributed by atoms with Gasteiger partial charge in [-0.1, -0.05) is 24.3 Å². The number of aryl methyl sites for hydroxylation is 1. The van der Waals surface area contributed by atoms with Crippen LogP contribution in [0.1, 0.15) is 23.1 Å². The van der Waals surface area contributed by atoms with Gasteiger partial charge in [-0.25, -0.2) is 4.39 Å². The van der Waals surface area contributed by atoms with Crippen LogP contribution in [0.4, 0.5) is 8.78 Å². The summed E-state index contributed by atoms with van der Waals surface area (Å²) in [6, 6.07) is 18.7. The molecular weight excluding hydrogens is 434 g/mol. The van der Waals surface area contributed by atoms with E-state index < -0.39 is 0 Å². The average molecular weight is 465 g/mol. The number of hydrogen-bond acceptors (Lipinski definition) is 3. The predicted octanol–water partition coefficient (Wildman–Crippen LogP) is 6.01. The third-order valence-electron chi connectivity index (χ3n) is 6.12. The Kier molecular flexibility index (Phi) is 7.48. The summed E-state index contributed by atoms with van der Waals surface area (Å²) in [5.41, 5.74) is 5.14. The van der Waals surface area contributed by atoms with Gasteiger partial charge in [-0.15, -0.1) is 0 Å². The highest BCUT2D eigenvalue weighted by Gasteiger charge is 2.21. The number of hydrogen-bond donors (Lipinski definition) is 2. The van der Waals surface area contributed by atoms with Crippen molar-refractivity contribution in [3.05, 3.63) is 83.2 Å². The highest BCUT2D eigenvalue weighted by atomic mass is 19.1. The lowest BCUT2D eigenvalue weighted by Gasteiger charge is -2.14. The molecule has 2 N–H and O–H groups in total. The quantitative estimate of drug-likeness (QED) is 0.283. The average Bonchev–Trinajstić information content (AvgIpc) is 3.10. The fourth-order valence-electron chi connectivity index (χ4n) is 4.30. The Morgan fingerprint density at radius 1 is 0.971 bits per heavy atom. The number of phenolic OH excluding ortho intramolecular Hbond substituents is 1. The number of phenols is 1. The van der Waals surface area contributed by atoms with Crippen molar-refractivity contribution in [1.82, 2.24) is 9.88 Å². The summed E-state index contributed by atoms with van der Waals surface area (Å²) in [7, 11) is 1.61. The molecular formula is C28H30F2N2O2. The van der Waals surface area contributed by atoms with Gasteiger partial charge in [0, 0.05) is 17.5 Å². The van der Waals surface area contributed by atoms with E-state index in [9.17, 15) is 9.50 Å². The number of rotatable bonds is 10. The summed E-state index contributed by atoms with van der Waals surface area (Å²) >= 11 is 0. The van der Waals surface area contributed by atoms with Crippen LogP contribution >= 0.6 is 0 Å². The van der Waals surface area contributed by atoms with Crippen molar-refractivity contribution in [2.45, 2.75) is 26.3 Å². The monoisotopic (exact) mass is 464 g/mol. The Morgan fingerprint density at radius 2 is 1.74 bits per heavy atom. The first-order valence-corrected chi connectivity index (χ1v) is 11.5. The molecule has 3 aromatic carbocycles. The van der Waals surface area contributed by atoms with Gasteiger partial charge in [-0.05, 0) is 85.9 Å². The molecule has 4 aromatic rings. The van der Waals surface area contributed by atoms with E-state index in [1.165, 1.54) is 11.6 Å². The predicted molar refractivity (Wildman–Crippen MR) is 133 cm³/mol. The van der Waals surface area contributed by atoms with E-state index >= 15 is 4.39 Å². The molecule has 0 unspecified atom stereocenters. The lowest BCUT2D eigenvalue weighted by molar-refractivity contribution is 0.414. The standard InChI is InChI=1S/C28H30F2N2O2/c1-19-16-23(34-2)9-10-24(19)28-27(30)25-17-22(33)8-11-26(25)32(28)18-21-6-4-20(5-7-21)12-15-31-14-3-13-29/h4-11,16-17,31,33H,3,12-15,18H2,1-2H3. The summed E-state index contributed by atoms with van der Waals surface area (Å²) in [4.78, 5) is 0. The Labute approximate surface area is 198 Å². The second-order valence-electron chi connectivity index (χ2n) is 8.49. The fourth-order valence-corrected chi connectivity index (χ4v) is 4.30. The van der Waals surface area contributed by atoms with Crippen molar-refractivity contribution in [3.63, 3.8) is 0 Å². The SMILES string of the molecule is COc1ccc(-c2c(F)c3cc(O)ccc3n2Cc2ccc(CCNCCCF)cc2)c(C)c1. The maximum atomic E-state index is 15.7. The van der Waals surface area contributed by atoms with E-state index in [2.05, 4.69) is 29.6 Å². The lowest BCUT2D eigenvalue weighted by Crippen LogP contribution is -2.18. The zero-order valence-corrected chi connectivity index (χ0v) is 19.6. The van der Waals surface area contributed by atoms with Crippen LogP contribution in [0.25, 0.3) is 22.2 Å². The first-order valence-electron chi connectivity index (χ1n) is 11.5. The molecule has 6 heteroatoms. The molecule has 0 aliphatic rings. The van der Waals surface area contributed by atoms with Gasteiger partial charge >= 0.3 is 0 Å². The number of halogens is 2. The molecule has 0 saturated heterocycles. The molecule has 0 saturated carbocycles. The minimum atomic E-state index is -0.352. The second-order valence-corrected chi connectivity index (χ2v) is 8.49. The van der Waals surface area contributed by atoms with Crippen LogP contribution < -0.4 is 10.1 Å². The Morgan fingerprint density at radius 3 is 2.44 bits per heavy atom. The van der Waals surface area contributed by atoms with Crippen LogP contribution in [0.2, 0.25) is 0 Å². The molecule has 178 valence electrons. The van der Waals surface area contributed by atoms with Crippen LogP contribution in [-0.2, 0) is 13.0 Å². The van der Waals surface area contributed by atoms with Crippen molar-refractivity contribution < 1.29 is 18.6 Å².